The van der Waals surface area contributed by atoms with Crippen LogP contribution in [0.2, 0.25) is 0 Å². The first-order valence-corrected chi connectivity index (χ1v) is 5.04. The molecule has 1 heteroatoms. The van der Waals surface area contributed by atoms with E-state index in [2.05, 4.69) is 0 Å². The molecule has 5 rings (SSSR count). The lowest BCUT2D eigenvalue weighted by atomic mass is 9.78. The highest BCUT2D eigenvalue weighted by Gasteiger charge is 2.74. The van der Waals surface area contributed by atoms with Crippen LogP contribution in [0.15, 0.2) is 0 Å². The molecule has 0 saturated heterocycles. The third-order valence-electron chi connectivity index (χ3n) is 5.01. The van der Waals surface area contributed by atoms with Gasteiger partial charge in [-0.05, 0) is 54.8 Å². The smallest absolute Gasteiger partial charge is 0.0546 e. The molecule has 0 heterocycles. The predicted molar refractivity (Wildman–Crippen MR) is 40.8 cm³/mol. The van der Waals surface area contributed by atoms with Crippen molar-refractivity contribution in [3.63, 3.8) is 0 Å². The second-order valence-corrected chi connectivity index (χ2v) is 5.17. The van der Waals surface area contributed by atoms with E-state index in [1.807, 2.05) is 0 Å². The largest absolute Gasteiger partial charge is 0.393 e. The van der Waals surface area contributed by atoms with Gasteiger partial charge in [0.05, 0.1) is 6.10 Å². The average Bonchev–Trinajstić information content (AvgIpc) is 2.33. The number of rotatable bonds is 0. The maximum absolute atomic E-state index is 9.56. The van der Waals surface area contributed by atoms with Crippen LogP contribution in [0.5, 0.6) is 0 Å². The fourth-order valence-electron chi connectivity index (χ4n) is 4.89. The van der Waals surface area contributed by atoms with E-state index in [1.165, 1.54) is 6.42 Å². The van der Waals surface area contributed by atoms with Crippen LogP contribution in [0, 0.1) is 35.5 Å². The minimum absolute atomic E-state index is 0.0767. The zero-order valence-electron chi connectivity index (χ0n) is 6.61. The van der Waals surface area contributed by atoms with E-state index < -0.39 is 0 Å². The van der Waals surface area contributed by atoms with Crippen molar-refractivity contribution in [2.75, 3.05) is 0 Å². The van der Waals surface area contributed by atoms with Gasteiger partial charge in [0.2, 0.25) is 0 Å². The zero-order chi connectivity index (χ0) is 7.16. The molecule has 4 atom stereocenters. The monoisotopic (exact) mass is 150 g/mol. The summed E-state index contributed by atoms with van der Waals surface area (Å²) in [6.07, 6.45) is 3.92. The normalized spacial score (nSPS) is 75.5. The van der Waals surface area contributed by atoms with Crippen molar-refractivity contribution in [2.45, 2.75) is 25.4 Å². The predicted octanol–water partition coefficient (Wildman–Crippen LogP) is 1.27. The Morgan fingerprint density at radius 3 is 1.91 bits per heavy atom. The SMILES string of the molecule is OC1C[C@H]2C3CC4[C@H]2[C@H]4[C@H]3C1. The molecule has 0 aromatic carbocycles. The van der Waals surface area contributed by atoms with E-state index >= 15 is 0 Å². The molecule has 0 unspecified atom stereocenters. The molecule has 5 aliphatic carbocycles. The molecule has 0 amide bonds. The Morgan fingerprint density at radius 2 is 1.36 bits per heavy atom. The fourth-order valence-corrected chi connectivity index (χ4v) is 4.89. The summed E-state index contributed by atoms with van der Waals surface area (Å²) in [6, 6.07) is 0. The average molecular weight is 150 g/mol. The highest BCUT2D eigenvalue weighted by Crippen LogP contribution is 2.78. The van der Waals surface area contributed by atoms with Gasteiger partial charge in [-0.25, -0.2) is 0 Å². The molecule has 1 N–H and O–H groups in total. The number of hydrogen-bond acceptors (Lipinski definition) is 1. The lowest BCUT2D eigenvalue weighted by Crippen LogP contribution is -2.27. The van der Waals surface area contributed by atoms with Crippen LogP contribution < -0.4 is 0 Å². The quantitative estimate of drug-likeness (QED) is 0.551. The summed E-state index contributed by atoms with van der Waals surface area (Å²) in [5.41, 5.74) is 0. The highest BCUT2D eigenvalue weighted by atomic mass is 16.3. The topological polar surface area (TPSA) is 20.2 Å². The van der Waals surface area contributed by atoms with Crippen molar-refractivity contribution in [2.24, 2.45) is 35.5 Å². The van der Waals surface area contributed by atoms with Crippen molar-refractivity contribution in [3.05, 3.63) is 0 Å². The van der Waals surface area contributed by atoms with Gasteiger partial charge in [-0.2, -0.15) is 0 Å². The first-order chi connectivity index (χ1) is 5.36. The van der Waals surface area contributed by atoms with Gasteiger partial charge in [-0.15, -0.1) is 0 Å². The van der Waals surface area contributed by atoms with Crippen LogP contribution in [0.4, 0.5) is 0 Å². The van der Waals surface area contributed by atoms with Gasteiger partial charge in [-0.1, -0.05) is 0 Å². The van der Waals surface area contributed by atoms with Gasteiger partial charge < -0.3 is 5.11 Å². The summed E-state index contributed by atoms with van der Waals surface area (Å²) in [6.45, 7) is 0. The van der Waals surface area contributed by atoms with Crippen molar-refractivity contribution in [3.8, 4) is 0 Å². The first kappa shape index (κ1) is 5.58. The Labute approximate surface area is 66.8 Å². The van der Waals surface area contributed by atoms with Gasteiger partial charge in [0, 0.05) is 0 Å². The van der Waals surface area contributed by atoms with E-state index in [0.29, 0.717) is 0 Å². The molecule has 5 saturated carbocycles. The van der Waals surface area contributed by atoms with Crippen LogP contribution in [-0.4, -0.2) is 11.2 Å². The van der Waals surface area contributed by atoms with Gasteiger partial charge in [0.25, 0.3) is 0 Å². The molecule has 0 aromatic heterocycles. The fraction of sp³-hybridized carbons (Fsp3) is 1.00. The van der Waals surface area contributed by atoms with E-state index in [0.717, 1.165) is 48.3 Å². The molecule has 11 heavy (non-hydrogen) atoms. The minimum Gasteiger partial charge on any atom is -0.393 e. The summed E-state index contributed by atoms with van der Waals surface area (Å²) in [5.74, 6) is 6.35. The zero-order valence-corrected chi connectivity index (χ0v) is 6.61. The van der Waals surface area contributed by atoms with Crippen molar-refractivity contribution >= 4 is 0 Å². The molecule has 60 valence electrons. The lowest BCUT2D eigenvalue weighted by Gasteiger charge is -2.29. The lowest BCUT2D eigenvalue weighted by molar-refractivity contribution is 0.0645. The van der Waals surface area contributed by atoms with E-state index in [9.17, 15) is 5.11 Å². The van der Waals surface area contributed by atoms with Crippen molar-refractivity contribution in [1.29, 1.82) is 0 Å². The Kier molecular flexibility index (Phi) is 0.706. The standard InChI is InChI=1S/C10H14O/c11-4-1-6-5-3-8-9(6)10(8)7(5)2-4/h4-11H,1-3H2/t4?,5?,6-,7-,8?,9-,10-/m0/s1. The summed E-state index contributed by atoms with van der Waals surface area (Å²) in [5, 5.41) is 9.56. The highest BCUT2D eigenvalue weighted by molar-refractivity contribution is 5.22. The molecule has 0 aromatic rings. The van der Waals surface area contributed by atoms with Crippen LogP contribution in [0.1, 0.15) is 19.3 Å². The summed E-state index contributed by atoms with van der Waals surface area (Å²) in [7, 11) is 0. The second-order valence-electron chi connectivity index (χ2n) is 5.17. The Hall–Kier alpha value is -0.0400. The summed E-state index contributed by atoms with van der Waals surface area (Å²) >= 11 is 0. The van der Waals surface area contributed by atoms with E-state index in [1.54, 1.807) is 0 Å². The van der Waals surface area contributed by atoms with Crippen molar-refractivity contribution in [1.82, 2.24) is 0 Å². The molecule has 5 aliphatic rings. The molecule has 5 fully saturated rings. The van der Waals surface area contributed by atoms with E-state index in [4.69, 9.17) is 0 Å². The molecule has 0 aliphatic heterocycles. The Morgan fingerprint density at radius 1 is 0.727 bits per heavy atom. The summed E-state index contributed by atoms with van der Waals surface area (Å²) in [4.78, 5) is 0. The molecule has 6 bridgehead atoms. The van der Waals surface area contributed by atoms with Gasteiger partial charge >= 0.3 is 0 Å². The van der Waals surface area contributed by atoms with Crippen LogP contribution in [-0.2, 0) is 0 Å². The maximum Gasteiger partial charge on any atom is 0.0546 e. The molecular formula is C10H14O. The Balaban J connectivity index is 1.81. The Bertz CT molecular complexity index is 205. The van der Waals surface area contributed by atoms with Gasteiger partial charge in [0.1, 0.15) is 0 Å². The first-order valence-electron chi connectivity index (χ1n) is 5.04. The van der Waals surface area contributed by atoms with Gasteiger partial charge in [-0.3, -0.25) is 0 Å². The summed E-state index contributed by atoms with van der Waals surface area (Å²) < 4.78 is 0. The molecule has 0 radical (unpaired) electrons. The van der Waals surface area contributed by atoms with E-state index in [-0.39, 0.29) is 6.10 Å². The number of aliphatic hydroxyl groups is 1. The maximum atomic E-state index is 9.56. The van der Waals surface area contributed by atoms with Crippen molar-refractivity contribution < 1.29 is 5.11 Å². The third-order valence-corrected chi connectivity index (χ3v) is 5.01. The molecule has 0 spiro atoms. The molecular weight excluding hydrogens is 136 g/mol. The second kappa shape index (κ2) is 1.39. The minimum atomic E-state index is 0.0767. The van der Waals surface area contributed by atoms with Crippen LogP contribution in [0.3, 0.4) is 0 Å². The number of hydrogen-bond donors (Lipinski definition) is 1. The van der Waals surface area contributed by atoms with Crippen LogP contribution >= 0.6 is 0 Å². The van der Waals surface area contributed by atoms with Crippen LogP contribution in [0.25, 0.3) is 0 Å². The number of aliphatic hydroxyl groups excluding tert-OH is 1. The third kappa shape index (κ3) is 0.438. The molecule has 1 nitrogen and oxygen atoms in total. The van der Waals surface area contributed by atoms with Gasteiger partial charge in [0.15, 0.2) is 0 Å².